The van der Waals surface area contributed by atoms with Gasteiger partial charge in [-0.2, -0.15) is 0 Å². The van der Waals surface area contributed by atoms with Gasteiger partial charge in [0.2, 0.25) is 0 Å². The summed E-state index contributed by atoms with van der Waals surface area (Å²) in [5.74, 6) is -0.154. The van der Waals surface area contributed by atoms with E-state index in [4.69, 9.17) is 0 Å². The Bertz CT molecular complexity index is 438. The maximum Gasteiger partial charge on any atom is 0.133 e. The first-order valence-electron chi connectivity index (χ1n) is 3.22. The van der Waals surface area contributed by atoms with E-state index in [0.29, 0.717) is 5.39 Å². The molecule has 1 aromatic heterocycles. The number of fused-ring (bicyclic) bond motifs is 1. The number of thiophene rings is 1. The third-order valence-electron chi connectivity index (χ3n) is 1.57. The van der Waals surface area contributed by atoms with Crippen LogP contribution in [-0.2, 0) is 0 Å². The zero-order valence-corrected chi connectivity index (χ0v) is 10.3. The molecule has 0 aliphatic heterocycles. The molecule has 12 heavy (non-hydrogen) atoms. The lowest BCUT2D eigenvalue weighted by atomic mass is 10.2. The molecule has 0 fully saturated rings. The molecule has 0 aliphatic carbocycles. The molecule has 0 saturated carbocycles. The van der Waals surface area contributed by atoms with Crippen molar-refractivity contribution in [3.8, 4) is 0 Å². The highest BCUT2D eigenvalue weighted by molar-refractivity contribution is 14.1. The summed E-state index contributed by atoms with van der Waals surface area (Å²) in [4.78, 5) is 0. The van der Waals surface area contributed by atoms with Gasteiger partial charge in [0.25, 0.3) is 0 Å². The Morgan fingerprint density at radius 2 is 2.17 bits per heavy atom. The van der Waals surface area contributed by atoms with Crippen LogP contribution in [0.4, 0.5) is 4.39 Å². The minimum atomic E-state index is -0.154. The van der Waals surface area contributed by atoms with Crippen molar-refractivity contribution in [1.82, 2.24) is 0 Å². The van der Waals surface area contributed by atoms with Crippen molar-refractivity contribution in [2.75, 3.05) is 0 Å². The molecule has 4 heteroatoms. The van der Waals surface area contributed by atoms with Gasteiger partial charge in [-0.25, -0.2) is 4.39 Å². The molecule has 0 nitrogen and oxygen atoms in total. The maximum atomic E-state index is 13.2. The Balaban J connectivity index is 2.97. The molecule has 0 N–H and O–H groups in total. The molecule has 0 spiro atoms. The molecule has 0 amide bonds. The summed E-state index contributed by atoms with van der Waals surface area (Å²) in [5.41, 5.74) is 0. The van der Waals surface area contributed by atoms with Gasteiger partial charge in [0.15, 0.2) is 0 Å². The SMILES string of the molecule is Fc1cccc2sc(I)c(Br)c12. The van der Waals surface area contributed by atoms with Gasteiger partial charge in [-0.15, -0.1) is 11.3 Å². The van der Waals surface area contributed by atoms with Gasteiger partial charge in [-0.3, -0.25) is 0 Å². The van der Waals surface area contributed by atoms with E-state index >= 15 is 0 Å². The van der Waals surface area contributed by atoms with Gasteiger partial charge in [0.05, 0.1) is 7.36 Å². The van der Waals surface area contributed by atoms with E-state index in [-0.39, 0.29) is 5.82 Å². The fraction of sp³-hybridized carbons (Fsp3) is 0. The summed E-state index contributed by atoms with van der Waals surface area (Å²) in [6, 6.07) is 5.14. The highest BCUT2D eigenvalue weighted by Crippen LogP contribution is 2.37. The lowest BCUT2D eigenvalue weighted by Gasteiger charge is -1.91. The van der Waals surface area contributed by atoms with Crippen LogP contribution in [0.25, 0.3) is 10.1 Å². The first kappa shape index (κ1) is 8.90. The molecule has 62 valence electrons. The van der Waals surface area contributed by atoms with Crippen molar-refractivity contribution in [2.24, 2.45) is 0 Å². The Kier molecular flexibility index (Phi) is 2.39. The molecule has 1 aromatic carbocycles. The molecule has 0 bridgehead atoms. The van der Waals surface area contributed by atoms with Crippen LogP contribution >= 0.6 is 49.9 Å². The topological polar surface area (TPSA) is 0 Å². The second-order valence-corrected chi connectivity index (χ2v) is 5.96. The summed E-state index contributed by atoms with van der Waals surface area (Å²) < 4.78 is 16.2. The van der Waals surface area contributed by atoms with E-state index in [1.54, 1.807) is 17.4 Å². The molecular formula is C8H3BrFIS. The van der Waals surface area contributed by atoms with Crippen LogP contribution in [0, 0.1) is 8.70 Å². The minimum Gasteiger partial charge on any atom is -0.206 e. The van der Waals surface area contributed by atoms with E-state index in [9.17, 15) is 4.39 Å². The van der Waals surface area contributed by atoms with Gasteiger partial charge in [0, 0.05) is 10.1 Å². The van der Waals surface area contributed by atoms with Gasteiger partial charge in [-0.05, 0) is 50.7 Å². The van der Waals surface area contributed by atoms with Gasteiger partial charge >= 0.3 is 0 Å². The van der Waals surface area contributed by atoms with Crippen molar-refractivity contribution in [3.05, 3.63) is 31.4 Å². The summed E-state index contributed by atoms with van der Waals surface area (Å²) in [5, 5.41) is 0.701. The monoisotopic (exact) mass is 356 g/mol. The summed E-state index contributed by atoms with van der Waals surface area (Å²) in [6.45, 7) is 0. The van der Waals surface area contributed by atoms with Gasteiger partial charge in [0.1, 0.15) is 5.82 Å². The predicted molar refractivity (Wildman–Crippen MR) is 62.2 cm³/mol. The molecular weight excluding hydrogens is 354 g/mol. The Labute approximate surface area is 95.0 Å². The standard InChI is InChI=1S/C8H3BrFIS/c9-7-6-4(10)2-1-3-5(6)12-8(7)11/h1-3H. The molecule has 1 heterocycles. The smallest absolute Gasteiger partial charge is 0.133 e. The summed E-state index contributed by atoms with van der Waals surface area (Å²) in [6.07, 6.45) is 0. The first-order valence-corrected chi connectivity index (χ1v) is 5.91. The van der Waals surface area contributed by atoms with Gasteiger partial charge in [-0.1, -0.05) is 6.07 Å². The Hall–Kier alpha value is 0.320. The zero-order valence-electron chi connectivity index (χ0n) is 5.77. The van der Waals surface area contributed by atoms with Crippen LogP contribution in [0.15, 0.2) is 22.7 Å². The molecule has 0 radical (unpaired) electrons. The number of rotatable bonds is 0. The summed E-state index contributed by atoms with van der Waals surface area (Å²) in [7, 11) is 0. The van der Waals surface area contributed by atoms with Crippen LogP contribution in [0.3, 0.4) is 0 Å². The second kappa shape index (κ2) is 3.23. The minimum absolute atomic E-state index is 0.154. The molecule has 0 unspecified atom stereocenters. The number of hydrogen-bond acceptors (Lipinski definition) is 1. The molecule has 0 atom stereocenters. The van der Waals surface area contributed by atoms with Crippen LogP contribution < -0.4 is 0 Å². The normalized spacial score (nSPS) is 10.9. The van der Waals surface area contributed by atoms with E-state index in [2.05, 4.69) is 38.5 Å². The summed E-state index contributed by atoms with van der Waals surface area (Å²) >= 11 is 7.16. The average molecular weight is 357 g/mol. The maximum absolute atomic E-state index is 13.2. The van der Waals surface area contributed by atoms with Crippen molar-refractivity contribution >= 4 is 59.9 Å². The van der Waals surface area contributed by atoms with Crippen molar-refractivity contribution in [1.29, 1.82) is 0 Å². The van der Waals surface area contributed by atoms with Crippen LogP contribution in [0.1, 0.15) is 0 Å². The molecule has 2 rings (SSSR count). The third-order valence-corrected chi connectivity index (χ3v) is 5.51. The van der Waals surface area contributed by atoms with E-state index < -0.39 is 0 Å². The second-order valence-electron chi connectivity index (χ2n) is 2.30. The Morgan fingerprint density at radius 3 is 2.83 bits per heavy atom. The third kappa shape index (κ3) is 1.29. The average Bonchev–Trinajstić information content (AvgIpc) is 2.29. The van der Waals surface area contributed by atoms with E-state index in [1.165, 1.54) is 6.07 Å². The van der Waals surface area contributed by atoms with Crippen LogP contribution in [0.2, 0.25) is 0 Å². The number of halogens is 3. The van der Waals surface area contributed by atoms with Crippen molar-refractivity contribution in [3.63, 3.8) is 0 Å². The molecule has 0 aliphatic rings. The lowest BCUT2D eigenvalue weighted by Crippen LogP contribution is -1.73. The Morgan fingerprint density at radius 1 is 1.42 bits per heavy atom. The van der Waals surface area contributed by atoms with Crippen molar-refractivity contribution < 1.29 is 4.39 Å². The predicted octanol–water partition coefficient (Wildman–Crippen LogP) is 4.41. The molecule has 0 saturated heterocycles. The fourth-order valence-electron chi connectivity index (χ4n) is 1.04. The fourth-order valence-corrected chi connectivity index (χ4v) is 3.63. The van der Waals surface area contributed by atoms with E-state index in [0.717, 1.165) is 12.1 Å². The zero-order chi connectivity index (χ0) is 8.72. The number of hydrogen-bond donors (Lipinski definition) is 0. The quantitative estimate of drug-likeness (QED) is 0.613. The van der Waals surface area contributed by atoms with Crippen molar-refractivity contribution in [2.45, 2.75) is 0 Å². The van der Waals surface area contributed by atoms with E-state index in [1.807, 2.05) is 6.07 Å². The highest BCUT2D eigenvalue weighted by atomic mass is 127. The van der Waals surface area contributed by atoms with Crippen LogP contribution in [0.5, 0.6) is 0 Å². The lowest BCUT2D eigenvalue weighted by molar-refractivity contribution is 0.640. The van der Waals surface area contributed by atoms with Gasteiger partial charge < -0.3 is 0 Å². The number of benzene rings is 1. The van der Waals surface area contributed by atoms with Crippen LogP contribution in [-0.4, -0.2) is 0 Å². The highest BCUT2D eigenvalue weighted by Gasteiger charge is 2.10. The first-order chi connectivity index (χ1) is 5.70. The largest absolute Gasteiger partial charge is 0.206 e. The molecule has 2 aromatic rings.